The summed E-state index contributed by atoms with van der Waals surface area (Å²) in [4.78, 5) is 30.4. The highest BCUT2D eigenvalue weighted by atomic mass is 16.2. The van der Waals surface area contributed by atoms with Crippen LogP contribution in [0.5, 0.6) is 0 Å². The number of carbonyl (C=O) groups is 2. The molecule has 6 nitrogen and oxygen atoms in total. The van der Waals surface area contributed by atoms with Gasteiger partial charge < -0.3 is 19.7 Å². The maximum Gasteiger partial charge on any atom is 0.254 e. The summed E-state index contributed by atoms with van der Waals surface area (Å²) in [6.45, 7) is 1.32. The Morgan fingerprint density at radius 2 is 1.73 bits per heavy atom. The lowest BCUT2D eigenvalue weighted by Crippen LogP contribution is -2.46. The molecule has 2 atom stereocenters. The van der Waals surface area contributed by atoms with Crippen LogP contribution in [-0.2, 0) is 11.8 Å². The van der Waals surface area contributed by atoms with Crippen LogP contribution < -0.4 is 5.32 Å². The van der Waals surface area contributed by atoms with Crippen molar-refractivity contribution in [2.45, 2.75) is 12.0 Å². The number of aromatic nitrogens is 1. The van der Waals surface area contributed by atoms with Crippen LogP contribution in [0, 0.1) is 0 Å². The second-order valence-corrected chi connectivity index (χ2v) is 8.23. The molecule has 3 aromatic rings. The van der Waals surface area contributed by atoms with Gasteiger partial charge >= 0.3 is 0 Å². The number of rotatable bonds is 5. The minimum absolute atomic E-state index is 0.0541. The first-order chi connectivity index (χ1) is 14.4. The molecule has 0 saturated carbocycles. The van der Waals surface area contributed by atoms with E-state index in [2.05, 4.69) is 22.0 Å². The minimum Gasteiger partial charge on any atom is -0.354 e. The van der Waals surface area contributed by atoms with Crippen LogP contribution >= 0.6 is 0 Å². The summed E-state index contributed by atoms with van der Waals surface area (Å²) in [5, 5.41) is 4.15. The second-order valence-electron chi connectivity index (χ2n) is 8.23. The fraction of sp³-hybridized carbons (Fsp3) is 0.333. The summed E-state index contributed by atoms with van der Waals surface area (Å²) in [5.74, 6) is -0.584. The first kappa shape index (κ1) is 20.2. The normalized spacial score (nSPS) is 18.7. The molecule has 0 aliphatic carbocycles. The van der Waals surface area contributed by atoms with Crippen LogP contribution in [0.1, 0.15) is 33.4 Å². The number of nitrogens with one attached hydrogen (secondary N) is 1. The van der Waals surface area contributed by atoms with E-state index in [0.29, 0.717) is 12.1 Å². The van der Waals surface area contributed by atoms with Gasteiger partial charge in [-0.05, 0) is 31.8 Å². The van der Waals surface area contributed by atoms with Gasteiger partial charge in [-0.3, -0.25) is 9.59 Å². The molecule has 0 spiro atoms. The predicted molar refractivity (Wildman–Crippen MR) is 119 cm³/mol. The lowest BCUT2D eigenvalue weighted by Gasteiger charge is -2.39. The van der Waals surface area contributed by atoms with Gasteiger partial charge in [0.15, 0.2) is 0 Å². The second kappa shape index (κ2) is 7.95. The van der Waals surface area contributed by atoms with E-state index in [4.69, 9.17) is 0 Å². The minimum atomic E-state index is -0.475. The van der Waals surface area contributed by atoms with Gasteiger partial charge in [-0.15, -0.1) is 0 Å². The van der Waals surface area contributed by atoms with Gasteiger partial charge in [0, 0.05) is 55.4 Å². The van der Waals surface area contributed by atoms with Crippen LogP contribution in [0.3, 0.4) is 0 Å². The Balaban J connectivity index is 1.84. The summed E-state index contributed by atoms with van der Waals surface area (Å²) in [7, 11) is 7.75. The van der Waals surface area contributed by atoms with Gasteiger partial charge in [-0.25, -0.2) is 0 Å². The SMILES string of the molecule is CN(C)CCNC(=O)C1c2ccccc2C(=O)N(C)C1c1cn(C)c2ccccc12. The fourth-order valence-electron chi connectivity index (χ4n) is 4.47. The number of amides is 2. The summed E-state index contributed by atoms with van der Waals surface area (Å²) >= 11 is 0. The number of hydrogen-bond acceptors (Lipinski definition) is 3. The maximum atomic E-state index is 13.4. The predicted octanol–water partition coefficient (Wildman–Crippen LogP) is 2.77. The summed E-state index contributed by atoms with van der Waals surface area (Å²) in [6, 6.07) is 15.2. The molecule has 156 valence electrons. The Kier molecular flexibility index (Phi) is 5.35. The smallest absolute Gasteiger partial charge is 0.254 e. The van der Waals surface area contributed by atoms with Crippen molar-refractivity contribution in [1.29, 1.82) is 0 Å². The zero-order valence-corrected chi connectivity index (χ0v) is 17.9. The van der Waals surface area contributed by atoms with Gasteiger partial charge in [0.05, 0.1) is 12.0 Å². The number of para-hydroxylation sites is 1. The summed E-state index contributed by atoms with van der Waals surface area (Å²) < 4.78 is 2.06. The molecule has 4 rings (SSSR count). The number of fused-ring (bicyclic) bond motifs is 2. The van der Waals surface area contributed by atoms with E-state index in [9.17, 15) is 9.59 Å². The number of aryl methyl sites for hydroxylation is 1. The van der Waals surface area contributed by atoms with Crippen molar-refractivity contribution in [2.24, 2.45) is 7.05 Å². The summed E-state index contributed by atoms with van der Waals surface area (Å²) in [6.07, 6.45) is 2.05. The molecule has 0 fully saturated rings. The van der Waals surface area contributed by atoms with Crippen LogP contribution in [-0.4, -0.2) is 60.4 Å². The monoisotopic (exact) mass is 404 g/mol. The third-order valence-corrected chi connectivity index (χ3v) is 5.97. The molecule has 1 aliphatic heterocycles. The molecule has 30 heavy (non-hydrogen) atoms. The van der Waals surface area contributed by atoms with Gasteiger partial charge in [0.2, 0.25) is 5.91 Å². The average Bonchev–Trinajstić information content (AvgIpc) is 3.06. The van der Waals surface area contributed by atoms with Crippen molar-refractivity contribution in [1.82, 2.24) is 19.7 Å². The Morgan fingerprint density at radius 1 is 1.03 bits per heavy atom. The highest BCUT2D eigenvalue weighted by Gasteiger charge is 2.43. The first-order valence-electron chi connectivity index (χ1n) is 10.2. The van der Waals surface area contributed by atoms with E-state index in [-0.39, 0.29) is 17.9 Å². The zero-order chi connectivity index (χ0) is 21.4. The van der Waals surface area contributed by atoms with Crippen LogP contribution in [0.15, 0.2) is 54.7 Å². The quantitative estimate of drug-likeness (QED) is 0.711. The molecule has 6 heteroatoms. The molecule has 2 unspecified atom stereocenters. The van der Waals surface area contributed by atoms with E-state index in [0.717, 1.165) is 28.6 Å². The molecule has 1 N–H and O–H groups in total. The molecular weight excluding hydrogens is 376 g/mol. The highest BCUT2D eigenvalue weighted by molar-refractivity contribution is 6.02. The first-order valence-corrected chi connectivity index (χ1v) is 10.2. The Labute approximate surface area is 177 Å². The van der Waals surface area contributed by atoms with Crippen molar-refractivity contribution >= 4 is 22.7 Å². The zero-order valence-electron chi connectivity index (χ0n) is 17.9. The van der Waals surface area contributed by atoms with E-state index in [1.165, 1.54) is 0 Å². The number of likely N-dealkylation sites (N-methyl/N-ethyl adjacent to an activating group) is 2. The highest BCUT2D eigenvalue weighted by Crippen LogP contribution is 2.44. The Hall–Kier alpha value is -3.12. The Morgan fingerprint density at radius 3 is 2.50 bits per heavy atom. The van der Waals surface area contributed by atoms with E-state index < -0.39 is 5.92 Å². The van der Waals surface area contributed by atoms with E-state index in [1.54, 1.807) is 11.9 Å². The third kappa shape index (κ3) is 3.37. The fourth-order valence-corrected chi connectivity index (χ4v) is 4.47. The van der Waals surface area contributed by atoms with E-state index in [1.807, 2.05) is 68.6 Å². The molecule has 1 aliphatic rings. The molecular formula is C24H28N4O2. The van der Waals surface area contributed by atoms with E-state index >= 15 is 0 Å². The van der Waals surface area contributed by atoms with Gasteiger partial charge in [-0.2, -0.15) is 0 Å². The average molecular weight is 405 g/mol. The number of hydrogen-bond donors (Lipinski definition) is 1. The molecule has 2 heterocycles. The standard InChI is InChI=1S/C24H28N4O2/c1-26(2)14-13-25-23(29)21-17-10-5-6-11-18(17)24(30)28(4)22(21)19-15-27(3)20-12-8-7-9-16(19)20/h5-12,15,21-22H,13-14H2,1-4H3,(H,25,29). The lowest BCUT2D eigenvalue weighted by molar-refractivity contribution is -0.124. The number of carbonyl (C=O) groups excluding carboxylic acids is 2. The van der Waals surface area contributed by atoms with Gasteiger partial charge in [0.1, 0.15) is 0 Å². The van der Waals surface area contributed by atoms with Crippen LogP contribution in [0.2, 0.25) is 0 Å². The largest absolute Gasteiger partial charge is 0.354 e. The molecule has 0 saturated heterocycles. The van der Waals surface area contributed by atoms with Crippen molar-refractivity contribution < 1.29 is 9.59 Å². The maximum absolute atomic E-state index is 13.4. The number of nitrogens with zero attached hydrogens (tertiary/aromatic N) is 3. The molecule has 2 amide bonds. The van der Waals surface area contributed by atoms with Crippen LogP contribution in [0.25, 0.3) is 10.9 Å². The molecule has 0 radical (unpaired) electrons. The van der Waals surface area contributed by atoms with Gasteiger partial charge in [0.25, 0.3) is 5.91 Å². The van der Waals surface area contributed by atoms with Crippen molar-refractivity contribution in [3.05, 3.63) is 71.4 Å². The summed E-state index contributed by atoms with van der Waals surface area (Å²) in [5.41, 5.74) is 3.47. The lowest BCUT2D eigenvalue weighted by atomic mass is 9.79. The van der Waals surface area contributed by atoms with Crippen molar-refractivity contribution in [3.63, 3.8) is 0 Å². The van der Waals surface area contributed by atoms with Gasteiger partial charge in [-0.1, -0.05) is 36.4 Å². The third-order valence-electron chi connectivity index (χ3n) is 5.97. The molecule has 0 bridgehead atoms. The number of benzene rings is 2. The molecule has 1 aromatic heterocycles. The topological polar surface area (TPSA) is 57.6 Å². The van der Waals surface area contributed by atoms with Crippen molar-refractivity contribution in [3.8, 4) is 0 Å². The molecule has 2 aromatic carbocycles. The van der Waals surface area contributed by atoms with Crippen molar-refractivity contribution in [2.75, 3.05) is 34.2 Å². The Bertz CT molecular complexity index is 1100. The van der Waals surface area contributed by atoms with Crippen LogP contribution in [0.4, 0.5) is 0 Å².